The van der Waals surface area contributed by atoms with Crippen molar-refractivity contribution in [1.29, 1.82) is 0 Å². The lowest BCUT2D eigenvalue weighted by Crippen LogP contribution is -2.60. The van der Waals surface area contributed by atoms with E-state index in [1.54, 1.807) is 11.8 Å². The zero-order valence-corrected chi connectivity index (χ0v) is 18.8. The van der Waals surface area contributed by atoms with Crippen molar-refractivity contribution in [2.24, 2.45) is 17.8 Å². The second-order valence-corrected chi connectivity index (χ2v) is 9.89. The van der Waals surface area contributed by atoms with Crippen molar-refractivity contribution < 1.29 is 29.0 Å². The first-order chi connectivity index (χ1) is 14.9. The van der Waals surface area contributed by atoms with Crippen LogP contribution in [0.15, 0.2) is 0 Å². The molecule has 0 aromatic carbocycles. The number of carbonyl (C=O) groups is 3. The van der Waals surface area contributed by atoms with Crippen LogP contribution in [0.1, 0.15) is 65.7 Å². The minimum Gasteiger partial charge on any atom is -0.466 e. The Balaban J connectivity index is 1.70. The van der Waals surface area contributed by atoms with Crippen molar-refractivity contribution in [2.75, 3.05) is 13.2 Å². The first kappa shape index (κ1) is 22.5. The van der Waals surface area contributed by atoms with Crippen LogP contribution < -0.4 is 5.32 Å². The van der Waals surface area contributed by atoms with Gasteiger partial charge in [-0.15, -0.1) is 0 Å². The number of aliphatic hydroxyl groups excluding tert-OH is 1. The minimum absolute atomic E-state index is 0.0487. The molecule has 4 aliphatic rings. The number of nitrogens with one attached hydrogen (secondary N) is 1. The van der Waals surface area contributed by atoms with Crippen LogP contribution in [0.4, 0.5) is 0 Å². The number of ether oxygens (including phenoxy) is 2. The molecule has 2 amide bonds. The summed E-state index contributed by atoms with van der Waals surface area (Å²) in [6.45, 7) is 5.59. The molecule has 0 aromatic heterocycles. The van der Waals surface area contributed by atoms with Crippen LogP contribution >= 0.6 is 0 Å². The van der Waals surface area contributed by atoms with E-state index in [2.05, 4.69) is 5.32 Å². The molecule has 31 heavy (non-hydrogen) atoms. The molecule has 8 nitrogen and oxygen atoms in total. The number of aliphatic hydroxyl groups is 1. The third kappa shape index (κ3) is 3.55. The average molecular weight is 437 g/mol. The molecule has 2 unspecified atom stereocenters. The van der Waals surface area contributed by atoms with Gasteiger partial charge in [0.1, 0.15) is 11.6 Å². The van der Waals surface area contributed by atoms with Crippen LogP contribution in [0.3, 0.4) is 0 Å². The number of nitrogens with zero attached hydrogens (tertiary/aromatic N) is 1. The van der Waals surface area contributed by atoms with E-state index in [0.717, 1.165) is 25.7 Å². The smallest absolute Gasteiger partial charge is 0.312 e. The second-order valence-electron chi connectivity index (χ2n) is 9.89. The normalized spacial score (nSPS) is 36.0. The molecule has 4 fully saturated rings. The molecule has 2 bridgehead atoms. The SMILES string of the molecule is CCOC(=O)[C@@H]1[C@@H]2CCC3(O2)C(C(=O)NC2CCCCC2)N([C@@H](CO)C(C)C)C(=O)[C@H]13. The number of amides is 2. The van der Waals surface area contributed by atoms with Crippen LogP contribution in [0.5, 0.6) is 0 Å². The lowest BCUT2D eigenvalue weighted by atomic mass is 9.70. The van der Waals surface area contributed by atoms with Crippen molar-refractivity contribution in [2.45, 2.75) is 95.5 Å². The number of carbonyl (C=O) groups excluding carboxylic acids is 3. The third-order valence-electron chi connectivity index (χ3n) is 7.81. The van der Waals surface area contributed by atoms with E-state index in [4.69, 9.17) is 9.47 Å². The lowest BCUT2D eigenvalue weighted by Gasteiger charge is -2.39. The molecular weight excluding hydrogens is 400 g/mol. The van der Waals surface area contributed by atoms with E-state index < -0.39 is 41.6 Å². The van der Waals surface area contributed by atoms with Gasteiger partial charge in [0.2, 0.25) is 11.8 Å². The largest absolute Gasteiger partial charge is 0.466 e. The topological polar surface area (TPSA) is 105 Å². The third-order valence-corrected chi connectivity index (χ3v) is 7.81. The van der Waals surface area contributed by atoms with Gasteiger partial charge in [0.05, 0.1) is 37.2 Å². The summed E-state index contributed by atoms with van der Waals surface area (Å²) in [6.07, 6.45) is 6.00. The van der Waals surface area contributed by atoms with Gasteiger partial charge in [-0.2, -0.15) is 0 Å². The maximum absolute atomic E-state index is 13.7. The quantitative estimate of drug-likeness (QED) is 0.585. The zero-order chi connectivity index (χ0) is 22.3. The molecule has 1 spiro atoms. The molecule has 8 heteroatoms. The Hall–Kier alpha value is -1.67. The highest BCUT2D eigenvalue weighted by atomic mass is 16.6. The van der Waals surface area contributed by atoms with Gasteiger partial charge in [0.25, 0.3) is 0 Å². The van der Waals surface area contributed by atoms with Crippen molar-refractivity contribution in [3.05, 3.63) is 0 Å². The first-order valence-corrected chi connectivity index (χ1v) is 11.9. The fraction of sp³-hybridized carbons (Fsp3) is 0.870. The Bertz CT molecular complexity index is 721. The van der Waals surface area contributed by atoms with Crippen LogP contribution in [0.2, 0.25) is 0 Å². The molecule has 6 atom stereocenters. The van der Waals surface area contributed by atoms with E-state index in [0.29, 0.717) is 12.8 Å². The molecule has 0 aromatic rings. The number of rotatable bonds is 7. The summed E-state index contributed by atoms with van der Waals surface area (Å²) in [5, 5.41) is 13.3. The maximum Gasteiger partial charge on any atom is 0.312 e. The Morgan fingerprint density at radius 3 is 2.58 bits per heavy atom. The molecule has 3 aliphatic heterocycles. The Kier molecular flexibility index (Phi) is 6.32. The van der Waals surface area contributed by atoms with E-state index >= 15 is 0 Å². The van der Waals surface area contributed by atoms with Gasteiger partial charge in [0.15, 0.2) is 0 Å². The van der Waals surface area contributed by atoms with E-state index in [9.17, 15) is 19.5 Å². The maximum atomic E-state index is 13.7. The van der Waals surface area contributed by atoms with Crippen LogP contribution in [0.25, 0.3) is 0 Å². The Labute approximate surface area is 184 Å². The summed E-state index contributed by atoms with van der Waals surface area (Å²) in [5.74, 6) is -2.38. The number of likely N-dealkylation sites (tertiary alicyclic amines) is 1. The first-order valence-electron chi connectivity index (χ1n) is 11.9. The van der Waals surface area contributed by atoms with Gasteiger partial charge in [-0.05, 0) is 38.5 Å². The molecular formula is C23H36N2O6. The average Bonchev–Trinajstić information content (AvgIpc) is 3.37. The number of esters is 1. The fourth-order valence-electron chi connectivity index (χ4n) is 6.40. The standard InChI is InChI=1S/C23H36N2O6/c1-4-30-22(29)17-16-10-11-23(31-16)18(17)21(28)25(15(12-26)13(2)3)19(23)20(27)24-14-8-6-5-7-9-14/h13-19,26H,4-12H2,1-3H3,(H,24,27)/t15-,16-,17+,18-,19?,23?/m0/s1. The van der Waals surface area contributed by atoms with E-state index in [1.165, 1.54) is 6.42 Å². The summed E-state index contributed by atoms with van der Waals surface area (Å²) in [6, 6.07) is -1.25. The summed E-state index contributed by atoms with van der Waals surface area (Å²) >= 11 is 0. The van der Waals surface area contributed by atoms with Crippen molar-refractivity contribution >= 4 is 17.8 Å². The highest BCUT2D eigenvalue weighted by Gasteiger charge is 2.75. The molecule has 0 radical (unpaired) electrons. The molecule has 1 saturated carbocycles. The molecule has 2 N–H and O–H groups in total. The number of fused-ring (bicyclic) bond motifs is 1. The van der Waals surface area contributed by atoms with Gasteiger partial charge >= 0.3 is 5.97 Å². The predicted octanol–water partition coefficient (Wildman–Crippen LogP) is 1.39. The summed E-state index contributed by atoms with van der Waals surface area (Å²) in [4.78, 5) is 41.7. The number of hydrogen-bond acceptors (Lipinski definition) is 6. The molecule has 174 valence electrons. The Morgan fingerprint density at radius 2 is 1.97 bits per heavy atom. The summed E-state index contributed by atoms with van der Waals surface area (Å²) in [7, 11) is 0. The Morgan fingerprint density at radius 1 is 1.26 bits per heavy atom. The van der Waals surface area contributed by atoms with Gasteiger partial charge in [-0.25, -0.2) is 0 Å². The van der Waals surface area contributed by atoms with Gasteiger partial charge in [0, 0.05) is 6.04 Å². The van der Waals surface area contributed by atoms with Crippen LogP contribution in [-0.2, 0) is 23.9 Å². The molecule has 4 rings (SSSR count). The van der Waals surface area contributed by atoms with Crippen LogP contribution in [0, 0.1) is 17.8 Å². The van der Waals surface area contributed by atoms with Gasteiger partial charge in [-0.3, -0.25) is 14.4 Å². The summed E-state index contributed by atoms with van der Waals surface area (Å²) < 4.78 is 11.6. The highest BCUT2D eigenvalue weighted by molar-refractivity contribution is 5.98. The van der Waals surface area contributed by atoms with E-state index in [1.807, 2.05) is 13.8 Å². The molecule has 1 aliphatic carbocycles. The molecule has 3 saturated heterocycles. The number of hydrogen-bond donors (Lipinski definition) is 2. The second kappa shape index (κ2) is 8.70. The van der Waals surface area contributed by atoms with Crippen molar-refractivity contribution in [3.63, 3.8) is 0 Å². The highest BCUT2D eigenvalue weighted by Crippen LogP contribution is 2.59. The van der Waals surface area contributed by atoms with Crippen molar-refractivity contribution in [1.82, 2.24) is 10.2 Å². The van der Waals surface area contributed by atoms with Gasteiger partial charge in [-0.1, -0.05) is 33.1 Å². The van der Waals surface area contributed by atoms with Crippen LogP contribution in [-0.4, -0.2) is 70.8 Å². The van der Waals surface area contributed by atoms with Gasteiger partial charge < -0.3 is 24.8 Å². The monoisotopic (exact) mass is 436 g/mol. The summed E-state index contributed by atoms with van der Waals surface area (Å²) in [5.41, 5.74) is -1.03. The van der Waals surface area contributed by atoms with Crippen molar-refractivity contribution in [3.8, 4) is 0 Å². The molecule has 3 heterocycles. The minimum atomic E-state index is -1.03. The predicted molar refractivity (Wildman–Crippen MR) is 112 cm³/mol. The lowest BCUT2D eigenvalue weighted by molar-refractivity contribution is -0.155. The fourth-order valence-corrected chi connectivity index (χ4v) is 6.40. The van der Waals surface area contributed by atoms with E-state index in [-0.39, 0.29) is 37.0 Å². The zero-order valence-electron chi connectivity index (χ0n) is 18.8.